The SMILES string of the molecule is Cl.Cn1cccc1CNCC1CCCO1. The van der Waals surface area contributed by atoms with E-state index in [4.69, 9.17) is 4.74 Å². The van der Waals surface area contributed by atoms with E-state index in [0.29, 0.717) is 6.10 Å². The molecule has 1 unspecified atom stereocenters. The Morgan fingerprint density at radius 2 is 2.47 bits per heavy atom. The standard InChI is InChI=1S/C11H18N2O.ClH/c1-13-6-2-4-10(13)8-12-9-11-5-3-7-14-11;/h2,4,6,11-12H,3,5,7-9H2,1H3;1H. The number of halogens is 1. The van der Waals surface area contributed by atoms with Crippen LogP contribution in [0.1, 0.15) is 18.5 Å². The van der Waals surface area contributed by atoms with Crippen LogP contribution < -0.4 is 5.32 Å². The molecular formula is C11H19ClN2O. The molecule has 1 aliphatic heterocycles. The lowest BCUT2D eigenvalue weighted by Crippen LogP contribution is -2.26. The lowest BCUT2D eigenvalue weighted by atomic mass is 10.2. The highest BCUT2D eigenvalue weighted by atomic mass is 35.5. The minimum atomic E-state index is 0. The number of nitrogens with zero attached hydrogens (tertiary/aromatic N) is 1. The van der Waals surface area contributed by atoms with Gasteiger partial charge in [-0.3, -0.25) is 0 Å². The third kappa shape index (κ3) is 3.52. The lowest BCUT2D eigenvalue weighted by molar-refractivity contribution is 0.110. The third-order valence-electron chi connectivity index (χ3n) is 2.75. The number of nitrogens with one attached hydrogen (secondary N) is 1. The molecule has 86 valence electrons. The molecule has 3 nitrogen and oxygen atoms in total. The summed E-state index contributed by atoms with van der Waals surface area (Å²) in [6.07, 6.45) is 4.94. The van der Waals surface area contributed by atoms with Crippen LogP contribution in [0.2, 0.25) is 0 Å². The van der Waals surface area contributed by atoms with E-state index in [1.54, 1.807) is 0 Å². The zero-order valence-corrected chi connectivity index (χ0v) is 9.93. The van der Waals surface area contributed by atoms with E-state index in [1.165, 1.54) is 18.5 Å². The van der Waals surface area contributed by atoms with Gasteiger partial charge in [0.05, 0.1) is 6.10 Å². The van der Waals surface area contributed by atoms with Crippen molar-refractivity contribution in [1.82, 2.24) is 9.88 Å². The Kier molecular flexibility index (Phi) is 5.15. The monoisotopic (exact) mass is 230 g/mol. The van der Waals surface area contributed by atoms with Crippen LogP contribution in [0.3, 0.4) is 0 Å². The number of hydrogen-bond acceptors (Lipinski definition) is 2. The summed E-state index contributed by atoms with van der Waals surface area (Å²) in [5, 5.41) is 3.42. The van der Waals surface area contributed by atoms with Crippen LogP contribution >= 0.6 is 12.4 Å². The average molecular weight is 231 g/mol. The van der Waals surface area contributed by atoms with E-state index < -0.39 is 0 Å². The summed E-state index contributed by atoms with van der Waals surface area (Å²) in [7, 11) is 2.07. The molecule has 0 aliphatic carbocycles. The summed E-state index contributed by atoms with van der Waals surface area (Å²) in [6.45, 7) is 2.85. The van der Waals surface area contributed by atoms with Gasteiger partial charge in [0.1, 0.15) is 0 Å². The van der Waals surface area contributed by atoms with Gasteiger partial charge in [0.2, 0.25) is 0 Å². The van der Waals surface area contributed by atoms with Crippen molar-refractivity contribution in [2.24, 2.45) is 7.05 Å². The van der Waals surface area contributed by atoms with Gasteiger partial charge in [-0.05, 0) is 25.0 Å². The first-order chi connectivity index (χ1) is 6.86. The first kappa shape index (κ1) is 12.6. The van der Waals surface area contributed by atoms with Crippen LogP contribution in [0, 0.1) is 0 Å². The highest BCUT2D eigenvalue weighted by Crippen LogP contribution is 2.10. The number of hydrogen-bond donors (Lipinski definition) is 1. The van der Waals surface area contributed by atoms with Gasteiger partial charge >= 0.3 is 0 Å². The zero-order chi connectivity index (χ0) is 9.80. The van der Waals surface area contributed by atoms with Crippen LogP contribution in [-0.2, 0) is 18.3 Å². The second-order valence-electron chi connectivity index (χ2n) is 3.88. The summed E-state index contributed by atoms with van der Waals surface area (Å²) in [5.74, 6) is 0. The number of ether oxygens (including phenoxy) is 1. The molecule has 4 heteroatoms. The normalized spacial score (nSPS) is 20.2. The average Bonchev–Trinajstić information content (AvgIpc) is 2.78. The molecule has 1 aromatic heterocycles. The van der Waals surface area contributed by atoms with Gasteiger partial charge in [0, 0.05) is 38.6 Å². The molecule has 1 fully saturated rings. The largest absolute Gasteiger partial charge is 0.377 e. The summed E-state index contributed by atoms with van der Waals surface area (Å²) >= 11 is 0. The number of rotatable bonds is 4. The molecule has 2 rings (SSSR count). The second kappa shape index (κ2) is 6.16. The summed E-state index contributed by atoms with van der Waals surface area (Å²) in [6, 6.07) is 4.21. The molecule has 2 heterocycles. The van der Waals surface area contributed by atoms with Crippen LogP contribution in [-0.4, -0.2) is 23.8 Å². The minimum Gasteiger partial charge on any atom is -0.377 e. The van der Waals surface area contributed by atoms with Crippen LogP contribution in [0.5, 0.6) is 0 Å². The van der Waals surface area contributed by atoms with Crippen LogP contribution in [0.4, 0.5) is 0 Å². The van der Waals surface area contributed by atoms with Gasteiger partial charge in [0.15, 0.2) is 0 Å². The van der Waals surface area contributed by atoms with Gasteiger partial charge in [-0.15, -0.1) is 12.4 Å². The predicted octanol–water partition coefficient (Wildman–Crippen LogP) is 1.72. The number of aryl methyl sites for hydroxylation is 1. The topological polar surface area (TPSA) is 26.2 Å². The Bertz CT molecular complexity index is 282. The van der Waals surface area contributed by atoms with Crippen LogP contribution in [0.15, 0.2) is 18.3 Å². The van der Waals surface area contributed by atoms with E-state index in [9.17, 15) is 0 Å². The van der Waals surface area contributed by atoms with Crippen molar-refractivity contribution in [2.45, 2.75) is 25.5 Å². The summed E-state index contributed by atoms with van der Waals surface area (Å²) in [5.41, 5.74) is 1.32. The third-order valence-corrected chi connectivity index (χ3v) is 2.75. The van der Waals surface area contributed by atoms with Crippen molar-refractivity contribution in [1.29, 1.82) is 0 Å². The van der Waals surface area contributed by atoms with Crippen molar-refractivity contribution in [2.75, 3.05) is 13.2 Å². The van der Waals surface area contributed by atoms with Crippen molar-refractivity contribution in [3.63, 3.8) is 0 Å². The smallest absolute Gasteiger partial charge is 0.0700 e. The maximum Gasteiger partial charge on any atom is 0.0700 e. The van der Waals surface area contributed by atoms with Gasteiger partial charge in [-0.2, -0.15) is 0 Å². The second-order valence-corrected chi connectivity index (χ2v) is 3.88. The van der Waals surface area contributed by atoms with E-state index in [2.05, 4.69) is 35.3 Å². The molecule has 0 amide bonds. The van der Waals surface area contributed by atoms with Crippen molar-refractivity contribution in [3.05, 3.63) is 24.0 Å². The zero-order valence-electron chi connectivity index (χ0n) is 9.11. The Hall–Kier alpha value is -0.510. The van der Waals surface area contributed by atoms with E-state index >= 15 is 0 Å². The van der Waals surface area contributed by atoms with Gasteiger partial charge in [0.25, 0.3) is 0 Å². The Balaban J connectivity index is 0.00000112. The highest BCUT2D eigenvalue weighted by Gasteiger charge is 2.14. The molecule has 1 atom stereocenters. The van der Waals surface area contributed by atoms with Gasteiger partial charge < -0.3 is 14.6 Å². The quantitative estimate of drug-likeness (QED) is 0.853. The molecule has 0 spiro atoms. The molecule has 0 saturated carbocycles. The lowest BCUT2D eigenvalue weighted by Gasteiger charge is -2.10. The van der Waals surface area contributed by atoms with Crippen molar-refractivity contribution < 1.29 is 4.74 Å². The Morgan fingerprint density at radius 3 is 3.07 bits per heavy atom. The fourth-order valence-corrected chi connectivity index (χ4v) is 1.85. The van der Waals surface area contributed by atoms with Crippen molar-refractivity contribution in [3.8, 4) is 0 Å². The van der Waals surface area contributed by atoms with Crippen LogP contribution in [0.25, 0.3) is 0 Å². The molecule has 0 aromatic carbocycles. The molecule has 1 aliphatic rings. The van der Waals surface area contributed by atoms with E-state index in [1.807, 2.05) is 0 Å². The van der Waals surface area contributed by atoms with Gasteiger partial charge in [-0.25, -0.2) is 0 Å². The fraction of sp³-hybridized carbons (Fsp3) is 0.636. The molecule has 0 radical (unpaired) electrons. The minimum absolute atomic E-state index is 0. The summed E-state index contributed by atoms with van der Waals surface area (Å²) < 4.78 is 7.67. The maximum absolute atomic E-state index is 5.53. The first-order valence-electron chi connectivity index (χ1n) is 5.29. The molecule has 1 N–H and O–H groups in total. The molecule has 15 heavy (non-hydrogen) atoms. The van der Waals surface area contributed by atoms with E-state index in [-0.39, 0.29) is 12.4 Å². The van der Waals surface area contributed by atoms with Crippen molar-refractivity contribution >= 4 is 12.4 Å². The molecule has 0 bridgehead atoms. The molecule has 1 saturated heterocycles. The molecule has 1 aromatic rings. The Morgan fingerprint density at radius 1 is 1.60 bits per heavy atom. The highest BCUT2D eigenvalue weighted by molar-refractivity contribution is 5.85. The fourth-order valence-electron chi connectivity index (χ4n) is 1.85. The Labute approximate surface area is 97.2 Å². The summed E-state index contributed by atoms with van der Waals surface area (Å²) in [4.78, 5) is 0. The first-order valence-corrected chi connectivity index (χ1v) is 5.29. The molecular weight excluding hydrogens is 212 g/mol. The maximum atomic E-state index is 5.53. The predicted molar refractivity (Wildman–Crippen MR) is 63.3 cm³/mol. The van der Waals surface area contributed by atoms with E-state index in [0.717, 1.165) is 19.7 Å². The number of aromatic nitrogens is 1. The van der Waals surface area contributed by atoms with Gasteiger partial charge in [-0.1, -0.05) is 0 Å².